The zero-order valence-corrected chi connectivity index (χ0v) is 7.75. The molecule has 1 atom stereocenters. The van der Waals surface area contributed by atoms with Crippen molar-refractivity contribution >= 4 is 6.41 Å². The SMILES string of the molecule is CCC(NC=O)N1CCCCC1. The van der Waals surface area contributed by atoms with E-state index in [9.17, 15) is 4.79 Å². The molecule has 0 bridgehead atoms. The summed E-state index contributed by atoms with van der Waals surface area (Å²) in [6.45, 7) is 4.38. The molecule has 1 N–H and O–H groups in total. The van der Waals surface area contributed by atoms with E-state index in [1.54, 1.807) is 0 Å². The van der Waals surface area contributed by atoms with Gasteiger partial charge in [0.05, 0.1) is 6.17 Å². The van der Waals surface area contributed by atoms with E-state index >= 15 is 0 Å². The van der Waals surface area contributed by atoms with Gasteiger partial charge in [0.25, 0.3) is 0 Å². The number of rotatable bonds is 4. The molecule has 1 heterocycles. The van der Waals surface area contributed by atoms with Crippen LogP contribution in [0.3, 0.4) is 0 Å². The summed E-state index contributed by atoms with van der Waals surface area (Å²) in [6.07, 6.45) is 5.96. The van der Waals surface area contributed by atoms with E-state index in [4.69, 9.17) is 0 Å². The maximum absolute atomic E-state index is 10.3. The average molecular weight is 170 g/mol. The molecule has 1 rings (SSSR count). The lowest BCUT2D eigenvalue weighted by Gasteiger charge is -2.33. The second-order valence-electron chi connectivity index (χ2n) is 3.31. The number of nitrogens with one attached hydrogen (secondary N) is 1. The second kappa shape index (κ2) is 5.14. The number of carbonyl (C=O) groups excluding carboxylic acids is 1. The first-order valence-corrected chi connectivity index (χ1v) is 4.82. The van der Waals surface area contributed by atoms with E-state index in [1.165, 1.54) is 19.3 Å². The van der Waals surface area contributed by atoms with Crippen molar-refractivity contribution in [2.75, 3.05) is 13.1 Å². The number of nitrogens with zero attached hydrogens (tertiary/aromatic N) is 1. The Bertz CT molecular complexity index is 132. The van der Waals surface area contributed by atoms with Gasteiger partial charge in [-0.25, -0.2) is 0 Å². The summed E-state index contributed by atoms with van der Waals surface area (Å²) in [5, 5.41) is 2.85. The summed E-state index contributed by atoms with van der Waals surface area (Å²) in [7, 11) is 0. The van der Waals surface area contributed by atoms with Gasteiger partial charge in [0.15, 0.2) is 0 Å². The molecule has 0 saturated carbocycles. The van der Waals surface area contributed by atoms with Crippen molar-refractivity contribution in [1.82, 2.24) is 10.2 Å². The third-order valence-corrected chi connectivity index (χ3v) is 2.48. The van der Waals surface area contributed by atoms with E-state index in [0.29, 0.717) is 0 Å². The van der Waals surface area contributed by atoms with E-state index in [-0.39, 0.29) is 6.17 Å². The van der Waals surface area contributed by atoms with Crippen molar-refractivity contribution in [3.63, 3.8) is 0 Å². The fourth-order valence-electron chi connectivity index (χ4n) is 1.79. The van der Waals surface area contributed by atoms with Crippen LogP contribution in [0.5, 0.6) is 0 Å². The molecular formula is C9H18N2O. The Morgan fingerprint density at radius 3 is 2.58 bits per heavy atom. The highest BCUT2D eigenvalue weighted by molar-refractivity contribution is 5.46. The largest absolute Gasteiger partial charge is 0.343 e. The monoisotopic (exact) mass is 170 g/mol. The predicted molar refractivity (Wildman–Crippen MR) is 48.7 cm³/mol. The summed E-state index contributed by atoms with van der Waals surface area (Å²) >= 11 is 0. The minimum atomic E-state index is 0.266. The number of piperidine rings is 1. The fraction of sp³-hybridized carbons (Fsp3) is 0.889. The zero-order valence-electron chi connectivity index (χ0n) is 7.75. The van der Waals surface area contributed by atoms with Crippen LogP contribution in [0.25, 0.3) is 0 Å². The summed E-state index contributed by atoms with van der Waals surface area (Å²) in [6, 6.07) is 0. The number of hydrogen-bond acceptors (Lipinski definition) is 2. The van der Waals surface area contributed by atoms with E-state index < -0.39 is 0 Å². The average Bonchev–Trinajstić information content (AvgIpc) is 2.15. The molecule has 12 heavy (non-hydrogen) atoms. The Hall–Kier alpha value is -0.570. The van der Waals surface area contributed by atoms with Crippen LogP contribution < -0.4 is 5.32 Å². The zero-order chi connectivity index (χ0) is 8.81. The lowest BCUT2D eigenvalue weighted by atomic mass is 10.1. The van der Waals surface area contributed by atoms with E-state index in [1.807, 2.05) is 0 Å². The Kier molecular flexibility index (Phi) is 4.08. The number of carbonyl (C=O) groups is 1. The molecule has 1 aliphatic heterocycles. The highest BCUT2D eigenvalue weighted by Gasteiger charge is 2.17. The molecule has 1 aliphatic rings. The molecule has 70 valence electrons. The van der Waals surface area contributed by atoms with Gasteiger partial charge >= 0.3 is 0 Å². The van der Waals surface area contributed by atoms with Gasteiger partial charge in [0, 0.05) is 13.1 Å². The van der Waals surface area contributed by atoms with E-state index in [0.717, 1.165) is 25.9 Å². The molecule has 3 nitrogen and oxygen atoms in total. The van der Waals surface area contributed by atoms with Gasteiger partial charge in [0.1, 0.15) is 0 Å². The summed E-state index contributed by atoms with van der Waals surface area (Å²) in [4.78, 5) is 12.6. The van der Waals surface area contributed by atoms with Crippen molar-refractivity contribution in [2.24, 2.45) is 0 Å². The predicted octanol–water partition coefficient (Wildman–Crippen LogP) is 0.954. The maximum atomic E-state index is 10.3. The van der Waals surface area contributed by atoms with Crippen LogP contribution in [0.15, 0.2) is 0 Å². The highest BCUT2D eigenvalue weighted by atomic mass is 16.1. The van der Waals surface area contributed by atoms with Crippen molar-refractivity contribution in [3.8, 4) is 0 Å². The summed E-state index contributed by atoms with van der Waals surface area (Å²) in [5.74, 6) is 0. The first-order valence-electron chi connectivity index (χ1n) is 4.82. The van der Waals surface area contributed by atoms with Crippen LogP contribution >= 0.6 is 0 Å². The van der Waals surface area contributed by atoms with Crippen LogP contribution in [-0.2, 0) is 4.79 Å². The highest BCUT2D eigenvalue weighted by Crippen LogP contribution is 2.11. The molecule has 3 heteroatoms. The lowest BCUT2D eigenvalue weighted by molar-refractivity contribution is -0.111. The molecule has 1 unspecified atom stereocenters. The molecule has 0 aromatic heterocycles. The van der Waals surface area contributed by atoms with Crippen LogP contribution in [0.2, 0.25) is 0 Å². The molecule has 0 aromatic rings. The number of hydrogen-bond donors (Lipinski definition) is 1. The van der Waals surface area contributed by atoms with Gasteiger partial charge in [0.2, 0.25) is 6.41 Å². The molecule has 1 saturated heterocycles. The summed E-state index contributed by atoms with van der Waals surface area (Å²) in [5.41, 5.74) is 0. The molecule has 0 radical (unpaired) electrons. The Balaban J connectivity index is 2.34. The van der Waals surface area contributed by atoms with Gasteiger partial charge in [-0.3, -0.25) is 9.69 Å². The van der Waals surface area contributed by atoms with Crippen molar-refractivity contribution < 1.29 is 4.79 Å². The van der Waals surface area contributed by atoms with Crippen LogP contribution in [0.1, 0.15) is 32.6 Å². The Labute approximate surface area is 74.1 Å². The number of likely N-dealkylation sites (tertiary alicyclic amines) is 1. The van der Waals surface area contributed by atoms with Gasteiger partial charge in [-0.2, -0.15) is 0 Å². The topological polar surface area (TPSA) is 32.3 Å². The lowest BCUT2D eigenvalue weighted by Crippen LogP contribution is -2.47. The van der Waals surface area contributed by atoms with E-state index in [2.05, 4.69) is 17.1 Å². The molecule has 1 amide bonds. The normalized spacial score (nSPS) is 21.8. The second-order valence-corrected chi connectivity index (χ2v) is 3.31. The summed E-state index contributed by atoms with van der Waals surface area (Å²) < 4.78 is 0. The molecule has 0 spiro atoms. The van der Waals surface area contributed by atoms with Crippen LogP contribution in [0.4, 0.5) is 0 Å². The maximum Gasteiger partial charge on any atom is 0.208 e. The van der Waals surface area contributed by atoms with Gasteiger partial charge in [-0.05, 0) is 19.3 Å². The molecule has 0 aromatic carbocycles. The van der Waals surface area contributed by atoms with Crippen molar-refractivity contribution in [1.29, 1.82) is 0 Å². The van der Waals surface area contributed by atoms with Gasteiger partial charge < -0.3 is 5.32 Å². The van der Waals surface area contributed by atoms with Crippen LogP contribution in [0, 0.1) is 0 Å². The number of amides is 1. The minimum absolute atomic E-state index is 0.266. The third-order valence-electron chi connectivity index (χ3n) is 2.48. The Morgan fingerprint density at radius 2 is 2.08 bits per heavy atom. The van der Waals surface area contributed by atoms with Gasteiger partial charge in [-0.1, -0.05) is 13.3 Å². The minimum Gasteiger partial charge on any atom is -0.343 e. The first-order chi connectivity index (χ1) is 5.88. The van der Waals surface area contributed by atoms with Crippen molar-refractivity contribution in [2.45, 2.75) is 38.8 Å². The molecule has 1 fully saturated rings. The quantitative estimate of drug-likeness (QED) is 0.637. The third kappa shape index (κ3) is 2.48. The smallest absolute Gasteiger partial charge is 0.208 e. The van der Waals surface area contributed by atoms with Crippen molar-refractivity contribution in [3.05, 3.63) is 0 Å². The first kappa shape index (κ1) is 9.52. The fourth-order valence-corrected chi connectivity index (χ4v) is 1.79. The molecule has 0 aliphatic carbocycles. The Morgan fingerprint density at radius 1 is 1.42 bits per heavy atom. The van der Waals surface area contributed by atoms with Crippen LogP contribution in [-0.4, -0.2) is 30.6 Å². The molecular weight excluding hydrogens is 152 g/mol. The standard InChI is InChI=1S/C9H18N2O/c1-2-9(10-8-12)11-6-4-3-5-7-11/h8-9H,2-7H2,1H3,(H,10,12). The van der Waals surface area contributed by atoms with Gasteiger partial charge in [-0.15, -0.1) is 0 Å².